The largest absolute Gasteiger partial charge is 0.412 e. The molecule has 1 aromatic carbocycles. The van der Waals surface area contributed by atoms with E-state index in [1.807, 2.05) is 12.3 Å². The van der Waals surface area contributed by atoms with Crippen molar-refractivity contribution in [3.63, 3.8) is 0 Å². The van der Waals surface area contributed by atoms with Crippen LogP contribution in [0.5, 0.6) is 0 Å². The van der Waals surface area contributed by atoms with E-state index in [2.05, 4.69) is 76.3 Å². The maximum absolute atomic E-state index is 4.21. The third-order valence-electron chi connectivity index (χ3n) is 2.79. The van der Waals surface area contributed by atoms with Crippen molar-refractivity contribution in [1.82, 2.24) is 9.88 Å². The Balaban J connectivity index is 0. The number of benzene rings is 1. The van der Waals surface area contributed by atoms with E-state index in [9.17, 15) is 0 Å². The highest BCUT2D eigenvalue weighted by Crippen LogP contribution is 2.24. The second-order valence-corrected chi connectivity index (χ2v) is 5.54. The number of halogens is 3. The molecule has 0 unspecified atom stereocenters. The van der Waals surface area contributed by atoms with Gasteiger partial charge in [-0.1, -0.05) is 40.2 Å². The van der Waals surface area contributed by atoms with Crippen LogP contribution < -0.4 is 0 Å². The molecule has 1 heterocycles. The zero-order valence-corrected chi connectivity index (χ0v) is 15.7. The number of hydrogen-bond acceptors (Lipinski definition) is 2. The molecule has 2 rings (SSSR count). The third-order valence-corrected chi connectivity index (χ3v) is 3.32. The second kappa shape index (κ2) is 11.6. The van der Waals surface area contributed by atoms with Crippen molar-refractivity contribution in [2.24, 2.45) is 0 Å². The van der Waals surface area contributed by atoms with Crippen molar-refractivity contribution >= 4 is 46.3 Å². The summed E-state index contributed by atoms with van der Waals surface area (Å²) >= 11 is 3.47. The fourth-order valence-corrected chi connectivity index (χ4v) is 2.09. The molecule has 0 saturated carbocycles. The van der Waals surface area contributed by atoms with Crippen molar-refractivity contribution in [2.75, 3.05) is 20.6 Å². The van der Waals surface area contributed by atoms with Gasteiger partial charge in [0.25, 0.3) is 0 Å². The van der Waals surface area contributed by atoms with Gasteiger partial charge in [0.2, 0.25) is 0 Å². The van der Waals surface area contributed by atoms with Crippen LogP contribution in [0, 0.1) is 0 Å². The van der Waals surface area contributed by atoms with E-state index < -0.39 is 0 Å². The summed E-state index contributed by atoms with van der Waals surface area (Å²) in [5.41, 5.74) is 3.57. The van der Waals surface area contributed by atoms with Gasteiger partial charge in [0.05, 0.1) is 0 Å². The van der Waals surface area contributed by atoms with Crippen LogP contribution in [0.2, 0.25) is 0 Å². The average Bonchev–Trinajstić information content (AvgIpc) is 2.42. The number of nitrogens with zero attached hydrogens (tertiary/aromatic N) is 2. The number of pyridine rings is 1. The molecule has 0 amide bonds. The summed E-state index contributed by atoms with van der Waals surface area (Å²) in [5.74, 6) is 0. The summed E-state index contributed by atoms with van der Waals surface area (Å²) in [6.45, 7) is 0.903. The van der Waals surface area contributed by atoms with Crippen LogP contribution >= 0.6 is 40.7 Å². The molecule has 22 heavy (non-hydrogen) atoms. The molecule has 0 radical (unpaired) electrons. The van der Waals surface area contributed by atoms with Crippen LogP contribution in [-0.4, -0.2) is 36.0 Å². The van der Waals surface area contributed by atoms with Crippen molar-refractivity contribution in [3.8, 4) is 0 Å². The third kappa shape index (κ3) is 6.90. The molecule has 3 nitrogen and oxygen atoms in total. The van der Waals surface area contributed by atoms with Gasteiger partial charge in [-0.15, -0.1) is 24.8 Å². The molecular weight excluding hydrogens is 387 g/mol. The summed E-state index contributed by atoms with van der Waals surface area (Å²) in [7, 11) is 4.14. The zero-order valence-electron chi connectivity index (χ0n) is 12.5. The van der Waals surface area contributed by atoms with Crippen LogP contribution in [-0.2, 0) is 0 Å². The van der Waals surface area contributed by atoms with Gasteiger partial charge in [0.15, 0.2) is 0 Å². The molecular formula is C16H21BrCl2N2O. The molecule has 0 fully saturated rings. The molecule has 0 saturated heterocycles. The average molecular weight is 408 g/mol. The summed E-state index contributed by atoms with van der Waals surface area (Å²) in [5, 5.41) is 0. The Hall–Kier alpha value is -0.910. The predicted molar refractivity (Wildman–Crippen MR) is 102 cm³/mol. The lowest BCUT2D eigenvalue weighted by Crippen LogP contribution is -2.11. The van der Waals surface area contributed by atoms with E-state index in [1.54, 1.807) is 6.20 Å². The Kier molecular flexibility index (Phi) is 12.3. The van der Waals surface area contributed by atoms with Gasteiger partial charge in [0.1, 0.15) is 0 Å². The molecule has 0 bridgehead atoms. The van der Waals surface area contributed by atoms with Crippen molar-refractivity contribution < 1.29 is 5.48 Å². The molecule has 1 aromatic heterocycles. The highest BCUT2D eigenvalue weighted by atomic mass is 79.9. The topological polar surface area (TPSA) is 47.6 Å². The Bertz CT molecular complexity index is 560. The second-order valence-electron chi connectivity index (χ2n) is 4.63. The maximum Gasteiger partial charge on any atom is 0.0346 e. The van der Waals surface area contributed by atoms with Gasteiger partial charge < -0.3 is 10.4 Å². The van der Waals surface area contributed by atoms with E-state index in [-0.39, 0.29) is 30.3 Å². The van der Waals surface area contributed by atoms with Crippen LogP contribution in [0.3, 0.4) is 0 Å². The van der Waals surface area contributed by atoms with Gasteiger partial charge in [-0.25, -0.2) is 0 Å². The first-order valence-electron chi connectivity index (χ1n) is 6.18. The monoisotopic (exact) mass is 406 g/mol. The standard InChI is InChI=1S/C16H17BrN2.2ClH.H2O/c1-19(2)11-9-16(14-4-3-10-18-12-14)13-5-7-15(17)8-6-13;;;/h3-10,12H,11H2,1-2H3;2*1H;1H2. The van der Waals surface area contributed by atoms with Gasteiger partial charge in [-0.3, -0.25) is 4.98 Å². The SMILES string of the molecule is CN(C)CC=C(c1ccc(Br)cc1)c1cccnc1.Cl.Cl.O. The summed E-state index contributed by atoms with van der Waals surface area (Å²) in [6.07, 6.45) is 5.94. The van der Waals surface area contributed by atoms with E-state index in [0.717, 1.165) is 16.6 Å². The fourth-order valence-electron chi connectivity index (χ4n) is 1.83. The minimum absolute atomic E-state index is 0. The molecule has 0 aliphatic carbocycles. The highest BCUT2D eigenvalue weighted by Gasteiger charge is 2.05. The Labute approximate surface area is 152 Å². The zero-order chi connectivity index (χ0) is 13.7. The minimum Gasteiger partial charge on any atom is -0.412 e. The molecule has 122 valence electrons. The van der Waals surface area contributed by atoms with Crippen molar-refractivity contribution in [3.05, 3.63) is 70.5 Å². The Morgan fingerprint density at radius 2 is 1.73 bits per heavy atom. The van der Waals surface area contributed by atoms with Gasteiger partial charge in [-0.05, 0) is 43.4 Å². The number of hydrogen-bond donors (Lipinski definition) is 0. The summed E-state index contributed by atoms with van der Waals surface area (Å²) < 4.78 is 1.09. The lowest BCUT2D eigenvalue weighted by atomic mass is 9.99. The predicted octanol–water partition coefficient (Wildman–Crippen LogP) is 3.86. The fraction of sp³-hybridized carbons (Fsp3) is 0.188. The molecule has 0 spiro atoms. The smallest absolute Gasteiger partial charge is 0.0346 e. The first-order valence-corrected chi connectivity index (χ1v) is 6.97. The van der Waals surface area contributed by atoms with Crippen LogP contribution in [0.4, 0.5) is 0 Å². The van der Waals surface area contributed by atoms with Gasteiger partial charge in [0, 0.05) is 29.0 Å². The van der Waals surface area contributed by atoms with Crippen LogP contribution in [0.25, 0.3) is 5.57 Å². The van der Waals surface area contributed by atoms with Gasteiger partial charge >= 0.3 is 0 Å². The maximum atomic E-state index is 4.21. The first-order chi connectivity index (χ1) is 9.16. The number of aromatic nitrogens is 1. The normalized spacial score (nSPS) is 10.3. The number of rotatable bonds is 4. The summed E-state index contributed by atoms with van der Waals surface area (Å²) in [4.78, 5) is 6.36. The van der Waals surface area contributed by atoms with Crippen LogP contribution in [0.15, 0.2) is 59.3 Å². The van der Waals surface area contributed by atoms with Crippen molar-refractivity contribution in [2.45, 2.75) is 0 Å². The van der Waals surface area contributed by atoms with Gasteiger partial charge in [-0.2, -0.15) is 0 Å². The molecule has 0 aliphatic rings. The number of likely N-dealkylation sites (N-methyl/N-ethyl adjacent to an activating group) is 1. The minimum atomic E-state index is 0. The highest BCUT2D eigenvalue weighted by molar-refractivity contribution is 9.10. The van der Waals surface area contributed by atoms with Crippen molar-refractivity contribution in [1.29, 1.82) is 0 Å². The molecule has 6 heteroatoms. The van der Waals surface area contributed by atoms with E-state index in [1.165, 1.54) is 11.1 Å². The lowest BCUT2D eigenvalue weighted by Gasteiger charge is -2.11. The summed E-state index contributed by atoms with van der Waals surface area (Å²) in [6, 6.07) is 12.4. The van der Waals surface area contributed by atoms with E-state index in [0.29, 0.717) is 0 Å². The van der Waals surface area contributed by atoms with E-state index in [4.69, 9.17) is 0 Å². The van der Waals surface area contributed by atoms with Crippen LogP contribution in [0.1, 0.15) is 11.1 Å². The molecule has 2 aromatic rings. The molecule has 2 N–H and O–H groups in total. The molecule has 0 aliphatic heterocycles. The quantitative estimate of drug-likeness (QED) is 0.772. The van der Waals surface area contributed by atoms with E-state index >= 15 is 0 Å². The first kappa shape index (κ1) is 23.4. The Morgan fingerprint density at radius 1 is 1.09 bits per heavy atom. The molecule has 0 atom stereocenters. The lowest BCUT2D eigenvalue weighted by molar-refractivity contribution is 0.457. The Morgan fingerprint density at radius 3 is 2.23 bits per heavy atom.